The van der Waals surface area contributed by atoms with Crippen LogP contribution in [-0.4, -0.2) is 4.57 Å². The number of fused-ring (bicyclic) bond motifs is 10. The van der Waals surface area contributed by atoms with Crippen molar-refractivity contribution in [3.05, 3.63) is 181 Å². The van der Waals surface area contributed by atoms with Crippen molar-refractivity contribution in [1.82, 2.24) is 4.57 Å². The summed E-state index contributed by atoms with van der Waals surface area (Å²) in [6.07, 6.45) is 0. The lowest BCUT2D eigenvalue weighted by Gasteiger charge is -2.22. The molecule has 0 N–H and O–H groups in total. The lowest BCUT2D eigenvalue weighted by Crippen LogP contribution is -2.20. The van der Waals surface area contributed by atoms with Crippen LogP contribution in [0.2, 0.25) is 0 Å². The quantitative estimate of drug-likeness (QED) is 0.170. The molecule has 0 spiro atoms. The molecule has 0 saturated heterocycles. The Labute approximate surface area is 303 Å². The SMILES string of the molecule is CC1(C)c2ccc(-c3cccc4ccccc34)cc2-c2cc(-n3c4ccccc4c4cc5c(cc43)-c3ccccc3P5(=O)c3ccccc3)ccc21. The highest BCUT2D eigenvalue weighted by atomic mass is 31.2. The minimum absolute atomic E-state index is 0.121. The van der Waals surface area contributed by atoms with E-state index in [0.29, 0.717) is 0 Å². The van der Waals surface area contributed by atoms with Crippen LogP contribution in [0.5, 0.6) is 0 Å². The summed E-state index contributed by atoms with van der Waals surface area (Å²) in [6.45, 7) is 4.70. The molecule has 0 fully saturated rings. The first-order chi connectivity index (χ1) is 25.4. The van der Waals surface area contributed by atoms with Crippen LogP contribution in [0.25, 0.3) is 71.6 Å². The van der Waals surface area contributed by atoms with E-state index >= 15 is 4.57 Å². The van der Waals surface area contributed by atoms with Crippen LogP contribution in [0.15, 0.2) is 170 Å². The molecule has 1 aliphatic carbocycles. The van der Waals surface area contributed by atoms with E-state index in [2.05, 4.69) is 152 Å². The van der Waals surface area contributed by atoms with Crippen LogP contribution in [-0.2, 0) is 9.98 Å². The van der Waals surface area contributed by atoms with Crippen molar-refractivity contribution >= 4 is 55.6 Å². The highest BCUT2D eigenvalue weighted by Gasteiger charge is 2.41. The molecule has 1 atom stereocenters. The molecule has 246 valence electrons. The zero-order chi connectivity index (χ0) is 34.8. The van der Waals surface area contributed by atoms with Gasteiger partial charge in [-0.15, -0.1) is 0 Å². The Morgan fingerprint density at radius 2 is 1.13 bits per heavy atom. The van der Waals surface area contributed by atoms with Gasteiger partial charge in [0.25, 0.3) is 0 Å². The van der Waals surface area contributed by atoms with E-state index in [1.807, 2.05) is 36.4 Å². The van der Waals surface area contributed by atoms with Gasteiger partial charge in [-0.2, -0.15) is 0 Å². The Morgan fingerprint density at radius 3 is 2.00 bits per heavy atom. The van der Waals surface area contributed by atoms with Crippen molar-refractivity contribution in [2.75, 3.05) is 0 Å². The standard InChI is InChI=1S/C49H34NOP/c1-49(2)43-25-23-32(36-20-12-14-31-13-6-7-17-35(31)36)27-39(43)40-28-33(24-26-44(40)49)50-45-21-10-8-18-37(45)41-30-48-42(29-46(41)50)38-19-9-11-22-47(38)52(48,51)34-15-4-3-5-16-34/h3-30H,1-2H3. The molecule has 1 unspecified atom stereocenters. The first-order valence-corrected chi connectivity index (χ1v) is 19.7. The van der Waals surface area contributed by atoms with Crippen molar-refractivity contribution in [2.24, 2.45) is 0 Å². The monoisotopic (exact) mass is 683 g/mol. The summed E-state index contributed by atoms with van der Waals surface area (Å²) in [7, 11) is -3.06. The van der Waals surface area contributed by atoms with Crippen LogP contribution in [0.3, 0.4) is 0 Å². The topological polar surface area (TPSA) is 22.0 Å². The van der Waals surface area contributed by atoms with Crippen molar-refractivity contribution in [3.63, 3.8) is 0 Å². The fourth-order valence-electron chi connectivity index (χ4n) is 9.32. The number of nitrogens with zero attached hydrogens (tertiary/aromatic N) is 1. The highest BCUT2D eigenvalue weighted by molar-refractivity contribution is 7.86. The second-order valence-electron chi connectivity index (χ2n) is 14.8. The number of para-hydroxylation sites is 1. The molecule has 8 aromatic carbocycles. The smallest absolute Gasteiger partial charge is 0.172 e. The van der Waals surface area contributed by atoms with Gasteiger partial charge < -0.3 is 9.13 Å². The summed E-state index contributed by atoms with van der Waals surface area (Å²) >= 11 is 0. The fourth-order valence-corrected chi connectivity index (χ4v) is 12.4. The molecule has 2 heterocycles. The van der Waals surface area contributed by atoms with E-state index in [0.717, 1.165) is 54.5 Å². The Kier molecular flexibility index (Phi) is 6.03. The van der Waals surface area contributed by atoms with Gasteiger partial charge >= 0.3 is 0 Å². The predicted octanol–water partition coefficient (Wildman–Crippen LogP) is 11.5. The van der Waals surface area contributed by atoms with Gasteiger partial charge in [-0.1, -0.05) is 147 Å². The van der Waals surface area contributed by atoms with Gasteiger partial charge in [0.05, 0.1) is 11.0 Å². The lowest BCUT2D eigenvalue weighted by molar-refractivity contribution is 0.593. The highest BCUT2D eigenvalue weighted by Crippen LogP contribution is 2.54. The van der Waals surface area contributed by atoms with Crippen LogP contribution in [0.1, 0.15) is 25.0 Å². The van der Waals surface area contributed by atoms with Crippen LogP contribution >= 0.6 is 7.14 Å². The second kappa shape index (κ2) is 10.5. The van der Waals surface area contributed by atoms with Crippen molar-refractivity contribution in [3.8, 4) is 39.1 Å². The Morgan fingerprint density at radius 1 is 0.462 bits per heavy atom. The summed E-state index contributed by atoms with van der Waals surface area (Å²) in [5.74, 6) is 0. The molecule has 3 heteroatoms. The van der Waals surface area contributed by atoms with Gasteiger partial charge in [-0.3, -0.25) is 0 Å². The zero-order valence-electron chi connectivity index (χ0n) is 29.0. The van der Waals surface area contributed by atoms with Gasteiger partial charge in [-0.25, -0.2) is 0 Å². The first kappa shape index (κ1) is 29.7. The van der Waals surface area contributed by atoms with E-state index in [9.17, 15) is 0 Å². The van der Waals surface area contributed by atoms with E-state index in [-0.39, 0.29) is 5.41 Å². The van der Waals surface area contributed by atoms with E-state index in [1.165, 1.54) is 44.2 Å². The average Bonchev–Trinajstić information content (AvgIpc) is 3.74. The maximum Gasteiger partial charge on any atom is 0.172 e. The molecule has 0 saturated carbocycles. The summed E-state index contributed by atoms with van der Waals surface area (Å²) < 4.78 is 17.8. The number of aromatic nitrogens is 1. The van der Waals surface area contributed by atoms with Gasteiger partial charge in [-0.05, 0) is 91.7 Å². The molecule has 0 bridgehead atoms. The van der Waals surface area contributed by atoms with E-state index < -0.39 is 7.14 Å². The normalized spacial score (nSPS) is 16.6. The molecule has 2 aliphatic rings. The van der Waals surface area contributed by atoms with Crippen LogP contribution in [0, 0.1) is 0 Å². The summed E-state index contributed by atoms with van der Waals surface area (Å²) in [5, 5.41) is 7.55. The average molecular weight is 684 g/mol. The molecule has 9 aromatic rings. The molecular weight excluding hydrogens is 650 g/mol. The largest absolute Gasteiger partial charge is 0.309 e. The minimum Gasteiger partial charge on any atom is -0.309 e. The number of rotatable bonds is 3. The van der Waals surface area contributed by atoms with E-state index in [1.54, 1.807) is 0 Å². The minimum atomic E-state index is -3.06. The number of hydrogen-bond donors (Lipinski definition) is 0. The van der Waals surface area contributed by atoms with Crippen molar-refractivity contribution in [2.45, 2.75) is 19.3 Å². The molecule has 1 aliphatic heterocycles. The third kappa shape index (κ3) is 3.88. The third-order valence-electron chi connectivity index (χ3n) is 11.8. The Balaban J connectivity index is 1.15. The summed E-state index contributed by atoms with van der Waals surface area (Å²) in [4.78, 5) is 0. The Bertz CT molecular complexity index is 3020. The van der Waals surface area contributed by atoms with Crippen LogP contribution < -0.4 is 15.9 Å². The molecule has 52 heavy (non-hydrogen) atoms. The van der Waals surface area contributed by atoms with Crippen LogP contribution in [0.4, 0.5) is 0 Å². The molecule has 0 amide bonds. The second-order valence-corrected chi connectivity index (χ2v) is 17.5. The van der Waals surface area contributed by atoms with Gasteiger partial charge in [0, 0.05) is 37.8 Å². The Hall–Kier alpha value is -5.95. The lowest BCUT2D eigenvalue weighted by atomic mass is 9.82. The van der Waals surface area contributed by atoms with Gasteiger partial charge in [0.2, 0.25) is 0 Å². The van der Waals surface area contributed by atoms with Gasteiger partial charge in [0.1, 0.15) is 0 Å². The van der Waals surface area contributed by atoms with Crippen molar-refractivity contribution < 1.29 is 4.57 Å². The maximum atomic E-state index is 15.4. The third-order valence-corrected chi connectivity index (χ3v) is 14.9. The molecule has 2 nitrogen and oxygen atoms in total. The van der Waals surface area contributed by atoms with Gasteiger partial charge in [0.15, 0.2) is 7.14 Å². The fraction of sp³-hybridized carbons (Fsp3) is 0.0612. The molecule has 0 radical (unpaired) electrons. The predicted molar refractivity (Wildman–Crippen MR) is 220 cm³/mol. The molecule has 1 aromatic heterocycles. The number of benzene rings is 8. The zero-order valence-corrected chi connectivity index (χ0v) is 29.9. The molecular formula is C49H34NOP. The number of hydrogen-bond acceptors (Lipinski definition) is 1. The van der Waals surface area contributed by atoms with Crippen molar-refractivity contribution in [1.29, 1.82) is 0 Å². The summed E-state index contributed by atoms with van der Waals surface area (Å²) in [5.41, 5.74) is 13.2. The molecule has 11 rings (SSSR count). The first-order valence-electron chi connectivity index (χ1n) is 18.0. The maximum absolute atomic E-state index is 15.4. The van der Waals surface area contributed by atoms with E-state index in [4.69, 9.17) is 0 Å². The summed E-state index contributed by atoms with van der Waals surface area (Å²) in [6, 6.07) is 60.9.